The highest BCUT2D eigenvalue weighted by Crippen LogP contribution is 2.27. The fourth-order valence-corrected chi connectivity index (χ4v) is 0.946. The second-order valence-electron chi connectivity index (χ2n) is 2.82. The van der Waals surface area contributed by atoms with Gasteiger partial charge in [0.25, 0.3) is 0 Å². The number of alkyl halides is 4. The molecular weight excluding hydrogens is 228 g/mol. The van der Waals surface area contributed by atoms with Gasteiger partial charge in [-0.15, -0.1) is 0 Å². The molecule has 0 aliphatic carbocycles. The minimum atomic E-state index is -4.52. The van der Waals surface area contributed by atoms with Gasteiger partial charge in [0.05, 0.1) is 6.21 Å². The highest BCUT2D eigenvalue weighted by atomic mass is 19.3. The van der Waals surface area contributed by atoms with Crippen LogP contribution in [0.2, 0.25) is 0 Å². The molecule has 2 N–H and O–H groups in total. The van der Waals surface area contributed by atoms with Crippen LogP contribution in [0.4, 0.5) is 17.6 Å². The SMILES string of the molecule is NN=Cc1cccc(OC(F)(F)C(F)F)c1. The van der Waals surface area contributed by atoms with Crippen LogP contribution in [0.1, 0.15) is 5.56 Å². The third kappa shape index (κ3) is 3.11. The van der Waals surface area contributed by atoms with Gasteiger partial charge < -0.3 is 10.6 Å². The molecule has 0 unspecified atom stereocenters. The van der Waals surface area contributed by atoms with Crippen LogP contribution in [0.25, 0.3) is 0 Å². The third-order valence-electron chi connectivity index (χ3n) is 1.59. The van der Waals surface area contributed by atoms with E-state index in [9.17, 15) is 17.6 Å². The molecule has 0 saturated carbocycles. The molecule has 0 fully saturated rings. The predicted octanol–water partition coefficient (Wildman–Crippen LogP) is 2.22. The summed E-state index contributed by atoms with van der Waals surface area (Å²) >= 11 is 0. The molecule has 88 valence electrons. The molecule has 0 radical (unpaired) electrons. The molecule has 1 aromatic rings. The van der Waals surface area contributed by atoms with Gasteiger partial charge in [0, 0.05) is 0 Å². The van der Waals surface area contributed by atoms with Crippen molar-refractivity contribution in [3.63, 3.8) is 0 Å². The van der Waals surface area contributed by atoms with E-state index in [0.29, 0.717) is 5.56 Å². The summed E-state index contributed by atoms with van der Waals surface area (Å²) in [5.74, 6) is 4.46. The summed E-state index contributed by atoms with van der Waals surface area (Å²) < 4.78 is 52.6. The minimum absolute atomic E-state index is 0.366. The van der Waals surface area contributed by atoms with E-state index in [1.54, 1.807) is 0 Å². The van der Waals surface area contributed by atoms with Crippen LogP contribution in [0.5, 0.6) is 5.75 Å². The van der Waals surface area contributed by atoms with Gasteiger partial charge in [0.1, 0.15) is 5.75 Å². The number of ether oxygens (including phenoxy) is 1. The quantitative estimate of drug-likeness (QED) is 0.377. The Balaban J connectivity index is 2.85. The number of hydrogen-bond acceptors (Lipinski definition) is 3. The Bertz CT molecular complexity index is 382. The molecule has 7 heteroatoms. The van der Waals surface area contributed by atoms with Crippen LogP contribution in [0.15, 0.2) is 29.4 Å². The standard InChI is InChI=1S/C9H8F4N2O/c10-8(11)9(12,13)16-7-3-1-2-6(4-7)5-15-14/h1-5,8H,14H2. The van der Waals surface area contributed by atoms with Crippen molar-refractivity contribution in [3.8, 4) is 5.75 Å². The molecule has 1 rings (SSSR count). The number of hydrogen-bond donors (Lipinski definition) is 1. The smallest absolute Gasteiger partial charge is 0.428 e. The van der Waals surface area contributed by atoms with E-state index >= 15 is 0 Å². The zero-order valence-corrected chi connectivity index (χ0v) is 7.91. The normalized spacial score (nSPS) is 12.3. The lowest BCUT2D eigenvalue weighted by Crippen LogP contribution is -2.33. The number of benzene rings is 1. The molecular formula is C9H8F4N2O. The summed E-state index contributed by atoms with van der Waals surface area (Å²) in [6.07, 6.45) is -7.23. The lowest BCUT2D eigenvalue weighted by atomic mass is 10.2. The molecule has 0 aliphatic heterocycles. The first-order chi connectivity index (χ1) is 7.45. The molecule has 3 nitrogen and oxygen atoms in total. The van der Waals surface area contributed by atoms with Crippen LogP contribution in [-0.2, 0) is 0 Å². The van der Waals surface area contributed by atoms with Crippen LogP contribution < -0.4 is 10.6 Å². The van der Waals surface area contributed by atoms with Gasteiger partial charge in [0.15, 0.2) is 0 Å². The van der Waals surface area contributed by atoms with Gasteiger partial charge in [-0.2, -0.15) is 22.7 Å². The van der Waals surface area contributed by atoms with Gasteiger partial charge in [0.2, 0.25) is 0 Å². The summed E-state index contributed by atoms with van der Waals surface area (Å²) in [4.78, 5) is 0. The summed E-state index contributed by atoms with van der Waals surface area (Å²) in [7, 11) is 0. The van der Waals surface area contributed by atoms with Crippen molar-refractivity contribution in [3.05, 3.63) is 29.8 Å². The van der Waals surface area contributed by atoms with Crippen molar-refractivity contribution >= 4 is 6.21 Å². The molecule has 0 heterocycles. The highest BCUT2D eigenvalue weighted by Gasteiger charge is 2.43. The number of nitrogens with zero attached hydrogens (tertiary/aromatic N) is 1. The Morgan fingerprint density at radius 3 is 2.62 bits per heavy atom. The lowest BCUT2D eigenvalue weighted by molar-refractivity contribution is -0.253. The lowest BCUT2D eigenvalue weighted by Gasteiger charge is -2.16. The Morgan fingerprint density at radius 2 is 2.06 bits per heavy atom. The summed E-state index contributed by atoms with van der Waals surface area (Å²) in [6.45, 7) is 0. The van der Waals surface area contributed by atoms with Crippen molar-refractivity contribution in [2.45, 2.75) is 12.5 Å². The highest BCUT2D eigenvalue weighted by molar-refractivity contribution is 5.79. The van der Waals surface area contributed by atoms with Crippen molar-refractivity contribution in [1.29, 1.82) is 0 Å². The van der Waals surface area contributed by atoms with Gasteiger partial charge >= 0.3 is 12.5 Å². The molecule has 0 spiro atoms. The van der Waals surface area contributed by atoms with E-state index in [1.807, 2.05) is 0 Å². The van der Waals surface area contributed by atoms with E-state index < -0.39 is 12.5 Å². The van der Waals surface area contributed by atoms with Gasteiger partial charge in [-0.05, 0) is 17.7 Å². The van der Waals surface area contributed by atoms with E-state index in [4.69, 9.17) is 5.84 Å². The molecule has 0 saturated heterocycles. The zero-order valence-electron chi connectivity index (χ0n) is 7.91. The average Bonchev–Trinajstić information content (AvgIpc) is 2.17. The first kappa shape index (κ1) is 12.3. The molecule has 0 aromatic heterocycles. The van der Waals surface area contributed by atoms with Crippen LogP contribution in [0, 0.1) is 0 Å². The number of halogens is 4. The first-order valence-corrected chi connectivity index (χ1v) is 4.14. The second-order valence-corrected chi connectivity index (χ2v) is 2.82. The second kappa shape index (κ2) is 4.82. The fraction of sp³-hybridized carbons (Fsp3) is 0.222. The predicted molar refractivity (Wildman–Crippen MR) is 49.8 cm³/mol. The topological polar surface area (TPSA) is 47.6 Å². The van der Waals surface area contributed by atoms with Crippen LogP contribution >= 0.6 is 0 Å². The average molecular weight is 236 g/mol. The maximum absolute atomic E-state index is 12.5. The third-order valence-corrected chi connectivity index (χ3v) is 1.59. The molecule has 0 amide bonds. The Kier molecular flexibility index (Phi) is 3.70. The van der Waals surface area contributed by atoms with Crippen molar-refractivity contribution in [2.75, 3.05) is 0 Å². The van der Waals surface area contributed by atoms with E-state index in [-0.39, 0.29) is 5.75 Å². The van der Waals surface area contributed by atoms with Crippen molar-refractivity contribution in [1.82, 2.24) is 0 Å². The largest absolute Gasteiger partial charge is 0.461 e. The summed E-state index contributed by atoms with van der Waals surface area (Å²) in [6, 6.07) is 5.11. The Hall–Kier alpha value is -1.79. The van der Waals surface area contributed by atoms with Gasteiger partial charge in [-0.3, -0.25) is 0 Å². The van der Waals surface area contributed by atoms with Gasteiger partial charge in [-0.25, -0.2) is 0 Å². The molecule has 0 bridgehead atoms. The first-order valence-electron chi connectivity index (χ1n) is 4.14. The summed E-state index contributed by atoms with van der Waals surface area (Å²) in [5, 5.41) is 3.16. The van der Waals surface area contributed by atoms with Crippen LogP contribution in [0.3, 0.4) is 0 Å². The van der Waals surface area contributed by atoms with Crippen molar-refractivity contribution in [2.24, 2.45) is 10.9 Å². The Morgan fingerprint density at radius 1 is 1.38 bits per heavy atom. The number of nitrogens with two attached hydrogens (primary N) is 1. The molecule has 0 aliphatic rings. The maximum atomic E-state index is 12.5. The molecule has 1 aromatic carbocycles. The Labute approximate surface area is 88.5 Å². The maximum Gasteiger partial charge on any atom is 0.461 e. The van der Waals surface area contributed by atoms with E-state index in [2.05, 4.69) is 9.84 Å². The van der Waals surface area contributed by atoms with Crippen molar-refractivity contribution < 1.29 is 22.3 Å². The summed E-state index contributed by atoms with van der Waals surface area (Å²) in [5.41, 5.74) is 0.366. The molecule has 16 heavy (non-hydrogen) atoms. The fourth-order valence-electron chi connectivity index (χ4n) is 0.946. The van der Waals surface area contributed by atoms with Crippen LogP contribution in [-0.4, -0.2) is 18.7 Å². The van der Waals surface area contributed by atoms with E-state index in [0.717, 1.165) is 12.1 Å². The van der Waals surface area contributed by atoms with E-state index in [1.165, 1.54) is 18.3 Å². The van der Waals surface area contributed by atoms with Gasteiger partial charge in [-0.1, -0.05) is 12.1 Å². The number of hydrazone groups is 1. The monoisotopic (exact) mass is 236 g/mol. The molecule has 0 atom stereocenters. The number of rotatable bonds is 4. The minimum Gasteiger partial charge on any atom is -0.428 e. The zero-order chi connectivity index (χ0) is 12.2.